The van der Waals surface area contributed by atoms with Gasteiger partial charge in [-0.3, -0.25) is 9.48 Å². The van der Waals surface area contributed by atoms with Crippen molar-refractivity contribution in [2.45, 2.75) is 19.9 Å². The first kappa shape index (κ1) is 12.9. The molecule has 1 saturated heterocycles. The maximum Gasteiger partial charge on any atom is 0.247 e. The Hall–Kier alpha value is -1.56. The van der Waals surface area contributed by atoms with E-state index in [1.165, 1.54) is 0 Å². The molecule has 0 radical (unpaired) electrons. The van der Waals surface area contributed by atoms with Crippen LogP contribution in [0.15, 0.2) is 12.3 Å². The van der Waals surface area contributed by atoms with Crippen LogP contribution in [-0.2, 0) is 4.79 Å². The van der Waals surface area contributed by atoms with Crippen LogP contribution in [-0.4, -0.2) is 58.2 Å². The van der Waals surface area contributed by atoms with E-state index in [-0.39, 0.29) is 11.9 Å². The molecule has 1 unspecified atom stereocenters. The Morgan fingerprint density at radius 2 is 2.11 bits per heavy atom. The smallest absolute Gasteiger partial charge is 0.247 e. The lowest BCUT2D eigenvalue weighted by Crippen LogP contribution is -2.50. The summed E-state index contributed by atoms with van der Waals surface area (Å²) in [5, 5.41) is 4.09. The van der Waals surface area contributed by atoms with Gasteiger partial charge >= 0.3 is 0 Å². The fourth-order valence-corrected chi connectivity index (χ4v) is 2.23. The number of carbonyl (C=O) groups excluding carboxylic acids is 1. The van der Waals surface area contributed by atoms with Gasteiger partial charge in [-0.1, -0.05) is 6.92 Å². The van der Waals surface area contributed by atoms with E-state index < -0.39 is 0 Å². The summed E-state index contributed by atoms with van der Waals surface area (Å²) in [5.74, 6) is 0.569. The molecule has 2 heterocycles. The van der Waals surface area contributed by atoms with Crippen LogP contribution in [0.3, 0.4) is 0 Å². The molecular weight excluding hydrogens is 230 g/mol. The predicted octanol–water partition coefficient (Wildman–Crippen LogP) is 0.190. The Morgan fingerprint density at radius 3 is 2.61 bits per heavy atom. The van der Waals surface area contributed by atoms with Crippen LogP contribution in [0.2, 0.25) is 0 Å². The zero-order valence-corrected chi connectivity index (χ0v) is 11.0. The molecule has 18 heavy (non-hydrogen) atoms. The van der Waals surface area contributed by atoms with Crippen molar-refractivity contribution < 1.29 is 4.79 Å². The third-order valence-corrected chi connectivity index (χ3v) is 3.51. The van der Waals surface area contributed by atoms with E-state index in [2.05, 4.69) is 16.9 Å². The van der Waals surface area contributed by atoms with E-state index >= 15 is 0 Å². The van der Waals surface area contributed by atoms with E-state index in [9.17, 15) is 4.79 Å². The maximum absolute atomic E-state index is 12.3. The van der Waals surface area contributed by atoms with E-state index in [4.69, 9.17) is 5.73 Å². The summed E-state index contributed by atoms with van der Waals surface area (Å²) in [4.78, 5) is 16.6. The fourth-order valence-electron chi connectivity index (χ4n) is 2.23. The van der Waals surface area contributed by atoms with Gasteiger partial charge < -0.3 is 15.5 Å². The first-order valence-electron chi connectivity index (χ1n) is 6.43. The van der Waals surface area contributed by atoms with Crippen molar-refractivity contribution in [1.29, 1.82) is 0 Å². The molecule has 1 fully saturated rings. The maximum atomic E-state index is 12.3. The summed E-state index contributed by atoms with van der Waals surface area (Å²) in [6.45, 7) is 8.56. The number of nitrogens with zero attached hydrogens (tertiary/aromatic N) is 4. The van der Waals surface area contributed by atoms with Crippen LogP contribution < -0.4 is 5.73 Å². The molecule has 2 N–H and O–H groups in total. The molecule has 0 aromatic carbocycles. The van der Waals surface area contributed by atoms with Gasteiger partial charge in [-0.15, -0.1) is 0 Å². The molecule has 6 nitrogen and oxygen atoms in total. The lowest BCUT2D eigenvalue weighted by molar-refractivity contribution is -0.136. The van der Waals surface area contributed by atoms with Crippen LogP contribution in [0.5, 0.6) is 0 Å². The molecule has 2 rings (SSSR count). The third-order valence-electron chi connectivity index (χ3n) is 3.51. The van der Waals surface area contributed by atoms with Crippen molar-refractivity contribution in [1.82, 2.24) is 19.6 Å². The number of nitrogens with two attached hydrogens (primary N) is 1. The van der Waals surface area contributed by atoms with E-state index in [1.807, 2.05) is 11.8 Å². The number of anilines is 1. The lowest BCUT2D eigenvalue weighted by atomic mass is 10.2. The molecule has 1 atom stereocenters. The molecule has 0 spiro atoms. The SMILES string of the molecule is CCN1CCN(C(=O)C(C)n2ccc(N)n2)CC1. The van der Waals surface area contributed by atoms with Crippen LogP contribution in [0.1, 0.15) is 19.9 Å². The summed E-state index contributed by atoms with van der Waals surface area (Å²) in [6, 6.07) is 1.43. The number of hydrogen-bond acceptors (Lipinski definition) is 4. The average Bonchev–Trinajstić information content (AvgIpc) is 2.84. The molecule has 1 aliphatic heterocycles. The van der Waals surface area contributed by atoms with Crippen LogP contribution in [0, 0.1) is 0 Å². The van der Waals surface area contributed by atoms with Gasteiger partial charge in [-0.2, -0.15) is 5.10 Å². The third kappa shape index (κ3) is 2.64. The molecule has 1 aliphatic rings. The van der Waals surface area contributed by atoms with Gasteiger partial charge in [0.05, 0.1) is 0 Å². The highest BCUT2D eigenvalue weighted by Gasteiger charge is 2.25. The molecule has 1 aromatic heterocycles. The molecule has 1 amide bonds. The second kappa shape index (κ2) is 5.39. The number of rotatable bonds is 3. The van der Waals surface area contributed by atoms with E-state index in [0.29, 0.717) is 5.82 Å². The summed E-state index contributed by atoms with van der Waals surface area (Å²) in [7, 11) is 0. The molecule has 6 heteroatoms. The normalized spacial score (nSPS) is 18.9. The molecule has 0 aliphatic carbocycles. The second-order valence-corrected chi connectivity index (χ2v) is 4.66. The Morgan fingerprint density at radius 1 is 1.44 bits per heavy atom. The highest BCUT2D eigenvalue weighted by Crippen LogP contribution is 2.12. The number of hydrogen-bond donors (Lipinski definition) is 1. The van der Waals surface area contributed by atoms with E-state index in [0.717, 1.165) is 32.7 Å². The topological polar surface area (TPSA) is 67.4 Å². The Bertz CT molecular complexity index is 408. The zero-order valence-electron chi connectivity index (χ0n) is 11.0. The second-order valence-electron chi connectivity index (χ2n) is 4.66. The molecule has 100 valence electrons. The predicted molar refractivity (Wildman–Crippen MR) is 70.0 cm³/mol. The number of aromatic nitrogens is 2. The number of likely N-dealkylation sites (N-methyl/N-ethyl adjacent to an activating group) is 1. The van der Waals surface area contributed by atoms with Gasteiger partial charge in [0.25, 0.3) is 0 Å². The number of amides is 1. The van der Waals surface area contributed by atoms with Crippen molar-refractivity contribution in [3.05, 3.63) is 12.3 Å². The van der Waals surface area contributed by atoms with Gasteiger partial charge in [0.1, 0.15) is 11.9 Å². The zero-order chi connectivity index (χ0) is 13.1. The standard InChI is InChI=1S/C12H21N5O/c1-3-15-6-8-16(9-7-15)12(18)10(2)17-5-4-11(13)14-17/h4-5,10H,3,6-9H2,1-2H3,(H2,13,14). The highest BCUT2D eigenvalue weighted by atomic mass is 16.2. The van der Waals surface area contributed by atoms with Crippen molar-refractivity contribution in [3.63, 3.8) is 0 Å². The minimum atomic E-state index is -0.282. The van der Waals surface area contributed by atoms with Gasteiger partial charge in [-0.05, 0) is 19.5 Å². The van der Waals surface area contributed by atoms with Crippen molar-refractivity contribution >= 4 is 11.7 Å². The number of nitrogen functional groups attached to an aromatic ring is 1. The summed E-state index contributed by atoms with van der Waals surface area (Å²) in [6.07, 6.45) is 1.75. The quantitative estimate of drug-likeness (QED) is 0.833. The highest BCUT2D eigenvalue weighted by molar-refractivity contribution is 5.80. The van der Waals surface area contributed by atoms with Crippen molar-refractivity contribution in [3.8, 4) is 0 Å². The van der Waals surface area contributed by atoms with Crippen LogP contribution >= 0.6 is 0 Å². The Labute approximate surface area is 107 Å². The minimum Gasteiger partial charge on any atom is -0.382 e. The summed E-state index contributed by atoms with van der Waals surface area (Å²) >= 11 is 0. The largest absolute Gasteiger partial charge is 0.382 e. The Balaban J connectivity index is 1.95. The number of carbonyl (C=O) groups is 1. The minimum absolute atomic E-state index is 0.119. The van der Waals surface area contributed by atoms with Crippen molar-refractivity contribution in [2.75, 3.05) is 38.5 Å². The van der Waals surface area contributed by atoms with Gasteiger partial charge in [0.15, 0.2) is 0 Å². The molecule has 1 aromatic rings. The van der Waals surface area contributed by atoms with Gasteiger partial charge in [-0.25, -0.2) is 0 Å². The molecular formula is C12H21N5O. The first-order chi connectivity index (χ1) is 8.61. The monoisotopic (exact) mass is 251 g/mol. The van der Waals surface area contributed by atoms with E-state index in [1.54, 1.807) is 16.9 Å². The Kier molecular flexibility index (Phi) is 3.86. The van der Waals surface area contributed by atoms with Gasteiger partial charge in [0, 0.05) is 32.4 Å². The molecule has 0 saturated carbocycles. The van der Waals surface area contributed by atoms with Crippen LogP contribution in [0.25, 0.3) is 0 Å². The lowest BCUT2D eigenvalue weighted by Gasteiger charge is -2.35. The van der Waals surface area contributed by atoms with Crippen molar-refractivity contribution in [2.24, 2.45) is 0 Å². The summed E-state index contributed by atoms with van der Waals surface area (Å²) < 4.78 is 1.63. The van der Waals surface area contributed by atoms with Gasteiger partial charge in [0.2, 0.25) is 5.91 Å². The first-order valence-corrected chi connectivity index (χ1v) is 6.43. The van der Waals surface area contributed by atoms with Crippen LogP contribution in [0.4, 0.5) is 5.82 Å². The average molecular weight is 251 g/mol. The summed E-state index contributed by atoms with van der Waals surface area (Å²) in [5.41, 5.74) is 5.57. The molecule has 0 bridgehead atoms. The number of piperazine rings is 1. The fraction of sp³-hybridized carbons (Fsp3) is 0.667.